The zero-order chi connectivity index (χ0) is 51.4. The standard InChI is InChI=1S/C65H104O6/c1-4-7-10-13-16-19-22-25-28-31-32-35-38-41-44-47-50-53-56-59-65(68)71-62(60-69-63(66)57-54-51-48-45-42-39-36-33-29-26-23-20-17-14-11-8-5-2)61-70-64(67)58-55-52-49-46-43-40-37-34-30-27-24-21-18-15-12-9-6-3/h16-17,19-20,25-30,32,35-37,39-41,44-46,48-49,62H,4-15,18,21-24,31,33-34,38,42-43,47,50-61H2,1-3H3/b19-16-,20-17-,28-25-,29-26-,30-27-,35-32-,39-36-,40-37-,44-41-,48-45-,49-46-/t62-/m1/s1. The van der Waals surface area contributed by atoms with Crippen LogP contribution >= 0.6 is 0 Å². The second-order valence-corrected chi connectivity index (χ2v) is 18.5. The summed E-state index contributed by atoms with van der Waals surface area (Å²) < 4.78 is 16.7. The molecule has 0 saturated heterocycles. The molecule has 0 aromatic heterocycles. The first kappa shape index (κ1) is 66.6. The van der Waals surface area contributed by atoms with Crippen molar-refractivity contribution in [3.05, 3.63) is 134 Å². The van der Waals surface area contributed by atoms with Crippen LogP contribution in [0.25, 0.3) is 0 Å². The van der Waals surface area contributed by atoms with Gasteiger partial charge in [0.25, 0.3) is 0 Å². The van der Waals surface area contributed by atoms with Crippen molar-refractivity contribution in [3.8, 4) is 0 Å². The molecule has 71 heavy (non-hydrogen) atoms. The van der Waals surface area contributed by atoms with Crippen LogP contribution in [0.1, 0.15) is 239 Å². The van der Waals surface area contributed by atoms with Crippen LogP contribution in [0.4, 0.5) is 0 Å². The van der Waals surface area contributed by atoms with Gasteiger partial charge in [0.05, 0.1) is 0 Å². The van der Waals surface area contributed by atoms with Gasteiger partial charge in [0.1, 0.15) is 13.2 Å². The van der Waals surface area contributed by atoms with Gasteiger partial charge >= 0.3 is 17.9 Å². The molecule has 0 saturated carbocycles. The minimum Gasteiger partial charge on any atom is -0.462 e. The Bertz CT molecular complexity index is 1550. The van der Waals surface area contributed by atoms with E-state index in [9.17, 15) is 14.4 Å². The number of hydrogen-bond acceptors (Lipinski definition) is 6. The van der Waals surface area contributed by atoms with Gasteiger partial charge in [-0.25, -0.2) is 0 Å². The van der Waals surface area contributed by atoms with Gasteiger partial charge in [-0.1, -0.05) is 219 Å². The van der Waals surface area contributed by atoms with E-state index in [1.54, 1.807) is 0 Å². The second kappa shape index (κ2) is 58.1. The lowest BCUT2D eigenvalue weighted by Crippen LogP contribution is -2.30. The van der Waals surface area contributed by atoms with Crippen LogP contribution in [-0.4, -0.2) is 37.2 Å². The summed E-state index contributed by atoms with van der Waals surface area (Å²) in [6, 6.07) is 0. The molecule has 6 heteroatoms. The summed E-state index contributed by atoms with van der Waals surface area (Å²) in [6.07, 6.45) is 81.6. The van der Waals surface area contributed by atoms with Crippen molar-refractivity contribution in [2.24, 2.45) is 0 Å². The van der Waals surface area contributed by atoms with Crippen LogP contribution in [0.3, 0.4) is 0 Å². The summed E-state index contributed by atoms with van der Waals surface area (Å²) in [7, 11) is 0. The van der Waals surface area contributed by atoms with E-state index >= 15 is 0 Å². The molecule has 0 aliphatic carbocycles. The number of carbonyl (C=O) groups excluding carboxylic acids is 3. The maximum absolute atomic E-state index is 12.9. The first-order chi connectivity index (χ1) is 35.0. The Balaban J connectivity index is 4.63. The molecule has 0 aliphatic heterocycles. The van der Waals surface area contributed by atoms with Gasteiger partial charge in [0, 0.05) is 19.3 Å². The van der Waals surface area contributed by atoms with Crippen LogP contribution in [0.2, 0.25) is 0 Å². The van der Waals surface area contributed by atoms with E-state index in [0.717, 1.165) is 83.5 Å². The van der Waals surface area contributed by atoms with Crippen LogP contribution in [0.15, 0.2) is 134 Å². The van der Waals surface area contributed by atoms with Gasteiger partial charge in [-0.15, -0.1) is 0 Å². The lowest BCUT2D eigenvalue weighted by molar-refractivity contribution is -0.167. The van der Waals surface area contributed by atoms with Crippen molar-refractivity contribution in [1.29, 1.82) is 0 Å². The van der Waals surface area contributed by atoms with Crippen molar-refractivity contribution >= 4 is 17.9 Å². The number of unbranched alkanes of at least 4 members (excludes halogenated alkanes) is 17. The molecule has 0 radical (unpaired) electrons. The first-order valence-corrected chi connectivity index (χ1v) is 28.7. The highest BCUT2D eigenvalue weighted by molar-refractivity contribution is 5.71. The zero-order valence-electron chi connectivity index (χ0n) is 45.7. The summed E-state index contributed by atoms with van der Waals surface area (Å²) >= 11 is 0. The lowest BCUT2D eigenvalue weighted by atomic mass is 10.1. The minimum atomic E-state index is -0.843. The van der Waals surface area contributed by atoms with E-state index in [2.05, 4.69) is 154 Å². The third-order valence-electron chi connectivity index (χ3n) is 11.6. The average Bonchev–Trinajstić information content (AvgIpc) is 3.37. The average molecular weight is 982 g/mol. The van der Waals surface area contributed by atoms with Gasteiger partial charge < -0.3 is 14.2 Å². The SMILES string of the molecule is CCCCC/C=C\C/C=C\C/C=C\C/C=C\CCCCCC(=O)O[C@H](COC(=O)CCC/C=C\C/C=C\C/C=C\C/C=C\CCCCC)COC(=O)CCC/C=C\C/C=C\C/C=C\CCCCCCCC. The molecule has 0 aromatic rings. The molecule has 0 rings (SSSR count). The van der Waals surface area contributed by atoms with Crippen molar-refractivity contribution in [2.45, 2.75) is 245 Å². The molecule has 0 fully saturated rings. The van der Waals surface area contributed by atoms with Gasteiger partial charge in [-0.3, -0.25) is 14.4 Å². The Hall–Kier alpha value is -4.45. The fraction of sp³-hybridized carbons (Fsp3) is 0.615. The smallest absolute Gasteiger partial charge is 0.306 e. The third kappa shape index (κ3) is 56.3. The first-order valence-electron chi connectivity index (χ1n) is 28.7. The number of allylic oxidation sites excluding steroid dienone is 22. The minimum absolute atomic E-state index is 0.139. The summed E-state index contributed by atoms with van der Waals surface area (Å²) in [5.41, 5.74) is 0. The Kier molecular flexibility index (Phi) is 54.5. The normalized spacial score (nSPS) is 13.1. The summed E-state index contributed by atoms with van der Waals surface area (Å²) in [6.45, 7) is 6.45. The largest absolute Gasteiger partial charge is 0.462 e. The maximum Gasteiger partial charge on any atom is 0.306 e. The fourth-order valence-electron chi connectivity index (χ4n) is 7.26. The van der Waals surface area contributed by atoms with Gasteiger partial charge in [0.15, 0.2) is 6.10 Å². The van der Waals surface area contributed by atoms with Crippen LogP contribution < -0.4 is 0 Å². The van der Waals surface area contributed by atoms with Crippen molar-refractivity contribution in [3.63, 3.8) is 0 Å². The molecule has 400 valence electrons. The molecule has 0 heterocycles. The van der Waals surface area contributed by atoms with E-state index in [1.807, 2.05) is 0 Å². The molecular weight excluding hydrogens is 877 g/mol. The second-order valence-electron chi connectivity index (χ2n) is 18.5. The molecule has 0 bridgehead atoms. The number of esters is 3. The zero-order valence-corrected chi connectivity index (χ0v) is 45.7. The predicted octanol–water partition coefficient (Wildman–Crippen LogP) is 19.4. The van der Waals surface area contributed by atoms with Crippen molar-refractivity contribution in [1.82, 2.24) is 0 Å². The van der Waals surface area contributed by atoms with Crippen molar-refractivity contribution < 1.29 is 28.6 Å². The number of hydrogen-bond donors (Lipinski definition) is 0. The number of carbonyl (C=O) groups is 3. The Labute approximate surface area is 436 Å². The molecule has 0 spiro atoms. The summed E-state index contributed by atoms with van der Waals surface area (Å²) in [4.78, 5) is 38.1. The van der Waals surface area contributed by atoms with Crippen LogP contribution in [0, 0.1) is 0 Å². The van der Waals surface area contributed by atoms with Crippen LogP contribution in [-0.2, 0) is 28.6 Å². The highest BCUT2D eigenvalue weighted by Gasteiger charge is 2.19. The Morgan fingerprint density at radius 3 is 0.859 bits per heavy atom. The predicted molar refractivity (Wildman–Crippen MR) is 306 cm³/mol. The summed E-state index contributed by atoms with van der Waals surface area (Å²) in [5, 5.41) is 0. The molecule has 0 amide bonds. The monoisotopic (exact) mass is 981 g/mol. The highest BCUT2D eigenvalue weighted by atomic mass is 16.6. The molecule has 0 N–H and O–H groups in total. The number of rotatable bonds is 50. The quantitative estimate of drug-likeness (QED) is 0.0262. The fourth-order valence-corrected chi connectivity index (χ4v) is 7.26. The lowest BCUT2D eigenvalue weighted by Gasteiger charge is -2.18. The van der Waals surface area contributed by atoms with E-state index < -0.39 is 6.10 Å². The van der Waals surface area contributed by atoms with E-state index in [-0.39, 0.29) is 50.4 Å². The molecule has 6 nitrogen and oxygen atoms in total. The van der Waals surface area contributed by atoms with Crippen molar-refractivity contribution in [2.75, 3.05) is 13.2 Å². The Morgan fingerprint density at radius 1 is 0.282 bits per heavy atom. The maximum atomic E-state index is 12.9. The molecule has 0 aromatic carbocycles. The van der Waals surface area contributed by atoms with Gasteiger partial charge in [-0.2, -0.15) is 0 Å². The molecule has 0 aliphatic rings. The third-order valence-corrected chi connectivity index (χ3v) is 11.6. The van der Waals surface area contributed by atoms with Gasteiger partial charge in [0.2, 0.25) is 0 Å². The summed E-state index contributed by atoms with van der Waals surface area (Å²) in [5.74, 6) is -1.08. The highest BCUT2D eigenvalue weighted by Crippen LogP contribution is 2.11. The van der Waals surface area contributed by atoms with E-state index in [0.29, 0.717) is 19.3 Å². The number of ether oxygens (including phenoxy) is 3. The topological polar surface area (TPSA) is 78.9 Å². The molecular formula is C65H104O6. The van der Waals surface area contributed by atoms with E-state index in [1.165, 1.54) is 96.3 Å². The van der Waals surface area contributed by atoms with E-state index in [4.69, 9.17) is 14.2 Å². The molecule has 1 atom stereocenters. The Morgan fingerprint density at radius 2 is 0.521 bits per heavy atom. The van der Waals surface area contributed by atoms with Gasteiger partial charge in [-0.05, 0) is 135 Å². The van der Waals surface area contributed by atoms with Crippen LogP contribution in [0.5, 0.6) is 0 Å². The molecule has 0 unspecified atom stereocenters.